The van der Waals surface area contributed by atoms with Crippen LogP contribution in [0.1, 0.15) is 25.8 Å². The van der Waals surface area contributed by atoms with Crippen molar-refractivity contribution in [2.45, 2.75) is 32.4 Å². The number of hydrogen-bond acceptors (Lipinski definition) is 4. The van der Waals surface area contributed by atoms with Crippen molar-refractivity contribution in [3.8, 4) is 6.07 Å². The Hall–Kier alpha value is -1.51. The van der Waals surface area contributed by atoms with Crippen LogP contribution < -0.4 is 5.32 Å². The first-order valence-electron chi connectivity index (χ1n) is 7.06. The van der Waals surface area contributed by atoms with Gasteiger partial charge in [-0.1, -0.05) is 19.1 Å². The maximum absolute atomic E-state index is 12.4. The molecule has 0 aromatic heterocycles. The van der Waals surface area contributed by atoms with Crippen LogP contribution >= 0.6 is 11.8 Å². The van der Waals surface area contributed by atoms with Crippen LogP contribution in [0.5, 0.6) is 0 Å². The van der Waals surface area contributed by atoms with E-state index in [0.717, 1.165) is 12.2 Å². The molecule has 2 atom stereocenters. The molecule has 0 saturated carbocycles. The first kappa shape index (κ1) is 17.5. The summed E-state index contributed by atoms with van der Waals surface area (Å²) in [5.41, 5.74) is 1.06. The van der Waals surface area contributed by atoms with E-state index < -0.39 is 0 Å². The van der Waals surface area contributed by atoms with Gasteiger partial charge >= 0.3 is 0 Å². The largest absolute Gasteiger partial charge is 0.324 e. The first-order chi connectivity index (χ1) is 10.0. The van der Waals surface area contributed by atoms with Crippen LogP contribution in [0.3, 0.4) is 0 Å². The molecule has 2 unspecified atom stereocenters. The van der Waals surface area contributed by atoms with Crippen molar-refractivity contribution in [3.63, 3.8) is 0 Å². The molecule has 0 saturated heterocycles. The summed E-state index contributed by atoms with van der Waals surface area (Å²) in [6.07, 6.45) is 3.08. The number of benzene rings is 1. The van der Waals surface area contributed by atoms with E-state index in [-0.39, 0.29) is 11.9 Å². The predicted molar refractivity (Wildman–Crippen MR) is 89.5 cm³/mol. The molecule has 4 nitrogen and oxygen atoms in total. The molecule has 1 aromatic carbocycles. The van der Waals surface area contributed by atoms with E-state index in [1.54, 1.807) is 30.0 Å². The number of nitrogens with one attached hydrogen (secondary N) is 1. The van der Waals surface area contributed by atoms with Gasteiger partial charge in [-0.25, -0.2) is 0 Å². The zero-order valence-electron chi connectivity index (χ0n) is 13.1. The Balaban J connectivity index is 2.76. The van der Waals surface area contributed by atoms with E-state index in [1.165, 1.54) is 0 Å². The number of amides is 1. The quantitative estimate of drug-likeness (QED) is 0.841. The molecule has 0 spiro atoms. The molecule has 114 valence electrons. The predicted octanol–water partition coefficient (Wildman–Crippen LogP) is 2.96. The van der Waals surface area contributed by atoms with Crippen LogP contribution in [-0.2, 0) is 4.79 Å². The van der Waals surface area contributed by atoms with Gasteiger partial charge in [0.2, 0.25) is 5.91 Å². The molecule has 5 heteroatoms. The zero-order chi connectivity index (χ0) is 15.8. The summed E-state index contributed by atoms with van der Waals surface area (Å²) in [7, 11) is 1.98. The third kappa shape index (κ3) is 4.76. The molecule has 0 bridgehead atoms. The van der Waals surface area contributed by atoms with Crippen LogP contribution in [0.25, 0.3) is 0 Å². The Morgan fingerprint density at radius 1 is 1.48 bits per heavy atom. The van der Waals surface area contributed by atoms with E-state index in [0.29, 0.717) is 17.3 Å². The molecule has 1 amide bonds. The Morgan fingerprint density at radius 2 is 2.14 bits per heavy atom. The fourth-order valence-electron chi connectivity index (χ4n) is 2.14. The van der Waals surface area contributed by atoms with E-state index in [1.807, 2.05) is 20.0 Å². The highest BCUT2D eigenvalue weighted by Gasteiger charge is 2.24. The third-order valence-electron chi connectivity index (χ3n) is 3.70. The maximum atomic E-state index is 12.4. The number of para-hydroxylation sites is 1. The molecule has 0 aliphatic carbocycles. The molecule has 1 aromatic rings. The summed E-state index contributed by atoms with van der Waals surface area (Å²) >= 11 is 1.79. The maximum Gasteiger partial charge on any atom is 0.241 e. The fraction of sp³-hybridized carbons (Fsp3) is 0.500. The number of nitrogens with zero attached hydrogens (tertiary/aromatic N) is 2. The van der Waals surface area contributed by atoms with Gasteiger partial charge in [-0.15, -0.1) is 0 Å². The minimum absolute atomic E-state index is 0.0836. The van der Waals surface area contributed by atoms with Crippen LogP contribution in [0.15, 0.2) is 24.3 Å². The number of thioether (sulfide) groups is 1. The Kier molecular flexibility index (Phi) is 7.27. The van der Waals surface area contributed by atoms with Gasteiger partial charge in [-0.3, -0.25) is 9.69 Å². The van der Waals surface area contributed by atoms with E-state index in [9.17, 15) is 4.79 Å². The van der Waals surface area contributed by atoms with E-state index in [2.05, 4.69) is 29.5 Å². The topological polar surface area (TPSA) is 56.1 Å². The summed E-state index contributed by atoms with van der Waals surface area (Å²) in [4.78, 5) is 14.5. The Morgan fingerprint density at radius 3 is 2.71 bits per heavy atom. The van der Waals surface area contributed by atoms with Crippen LogP contribution in [0.2, 0.25) is 0 Å². The van der Waals surface area contributed by atoms with Gasteiger partial charge < -0.3 is 5.32 Å². The highest BCUT2D eigenvalue weighted by atomic mass is 32.2. The second-order valence-electron chi connectivity index (χ2n) is 5.01. The lowest BCUT2D eigenvalue weighted by Gasteiger charge is -2.31. The third-order valence-corrected chi connectivity index (χ3v) is 4.42. The zero-order valence-corrected chi connectivity index (χ0v) is 13.9. The molecule has 0 fully saturated rings. The lowest BCUT2D eigenvalue weighted by molar-refractivity contribution is -0.120. The molecule has 1 N–H and O–H groups in total. The van der Waals surface area contributed by atoms with Crippen molar-refractivity contribution in [2.75, 3.05) is 24.4 Å². The van der Waals surface area contributed by atoms with Gasteiger partial charge in [-0.05, 0) is 38.8 Å². The van der Waals surface area contributed by atoms with Crippen molar-refractivity contribution < 1.29 is 4.79 Å². The molecule has 21 heavy (non-hydrogen) atoms. The second-order valence-corrected chi connectivity index (χ2v) is 5.92. The lowest BCUT2D eigenvalue weighted by Crippen LogP contribution is -2.46. The van der Waals surface area contributed by atoms with Gasteiger partial charge in [0.1, 0.15) is 6.07 Å². The molecule has 0 aliphatic heterocycles. The second kappa shape index (κ2) is 8.71. The van der Waals surface area contributed by atoms with Gasteiger partial charge in [0.25, 0.3) is 0 Å². The smallest absolute Gasteiger partial charge is 0.241 e. The molecular weight excluding hydrogens is 282 g/mol. The van der Waals surface area contributed by atoms with Crippen molar-refractivity contribution in [1.82, 2.24) is 4.90 Å². The van der Waals surface area contributed by atoms with E-state index >= 15 is 0 Å². The monoisotopic (exact) mass is 305 g/mol. The van der Waals surface area contributed by atoms with Crippen molar-refractivity contribution in [1.29, 1.82) is 5.26 Å². The minimum atomic E-state index is -0.242. The summed E-state index contributed by atoms with van der Waals surface area (Å²) in [5, 5.41) is 11.9. The fourth-order valence-corrected chi connectivity index (χ4v) is 3.00. The summed E-state index contributed by atoms with van der Waals surface area (Å²) in [5.74, 6) is 0.916. The summed E-state index contributed by atoms with van der Waals surface area (Å²) < 4.78 is 0. The minimum Gasteiger partial charge on any atom is -0.324 e. The number of nitriles is 1. The summed E-state index contributed by atoms with van der Waals surface area (Å²) in [6, 6.07) is 9.27. The number of likely N-dealkylation sites (N-methyl/N-ethyl adjacent to an activating group) is 1. The van der Waals surface area contributed by atoms with Crippen LogP contribution in [0, 0.1) is 11.3 Å². The number of anilines is 1. The van der Waals surface area contributed by atoms with Crippen molar-refractivity contribution in [2.24, 2.45) is 0 Å². The molecule has 0 radical (unpaired) electrons. The highest BCUT2D eigenvalue weighted by Crippen LogP contribution is 2.16. The Labute approximate surface area is 131 Å². The SMILES string of the molecule is CCC(CSC)N(C)C(C)C(=O)Nc1ccccc1C#N. The standard InChI is InChI=1S/C16H23N3OS/c1-5-14(11-21-4)19(3)12(2)16(20)18-15-9-7-6-8-13(15)10-17/h6-9,12,14H,5,11H2,1-4H3,(H,18,20). The molecule has 1 rings (SSSR count). The van der Waals surface area contributed by atoms with Gasteiger partial charge in [0, 0.05) is 11.8 Å². The normalized spacial score (nSPS) is 13.5. The van der Waals surface area contributed by atoms with Gasteiger partial charge in [0.05, 0.1) is 17.3 Å². The van der Waals surface area contributed by atoms with E-state index in [4.69, 9.17) is 5.26 Å². The Bertz CT molecular complexity index is 512. The molecule has 0 aliphatic rings. The average molecular weight is 305 g/mol. The van der Waals surface area contributed by atoms with Crippen molar-refractivity contribution >= 4 is 23.4 Å². The van der Waals surface area contributed by atoms with Crippen LogP contribution in [0.4, 0.5) is 5.69 Å². The number of carbonyl (C=O) groups excluding carboxylic acids is 1. The first-order valence-corrected chi connectivity index (χ1v) is 8.45. The number of carbonyl (C=O) groups is 1. The van der Waals surface area contributed by atoms with Crippen molar-refractivity contribution in [3.05, 3.63) is 29.8 Å². The molecular formula is C16H23N3OS. The number of hydrogen-bond donors (Lipinski definition) is 1. The lowest BCUT2D eigenvalue weighted by atomic mass is 10.1. The van der Waals surface area contributed by atoms with Gasteiger partial charge in [-0.2, -0.15) is 17.0 Å². The number of rotatable bonds is 7. The van der Waals surface area contributed by atoms with Crippen LogP contribution in [-0.4, -0.2) is 41.9 Å². The summed E-state index contributed by atoms with van der Waals surface area (Å²) in [6.45, 7) is 4.03. The average Bonchev–Trinajstić information content (AvgIpc) is 2.51. The van der Waals surface area contributed by atoms with Gasteiger partial charge in [0.15, 0.2) is 0 Å². The molecule has 0 heterocycles. The highest BCUT2D eigenvalue weighted by molar-refractivity contribution is 7.98.